The molecule has 0 saturated carbocycles. The van der Waals surface area contributed by atoms with Crippen molar-refractivity contribution >= 4 is 28.8 Å². The van der Waals surface area contributed by atoms with E-state index in [-0.39, 0.29) is 22.7 Å². The number of hydrogen-bond acceptors (Lipinski definition) is 9. The van der Waals surface area contributed by atoms with Crippen LogP contribution in [0.5, 0.6) is 5.75 Å². The molecule has 0 spiro atoms. The molecule has 2 aliphatic heterocycles. The molecule has 0 unspecified atom stereocenters. The van der Waals surface area contributed by atoms with E-state index in [1.807, 2.05) is 15.9 Å². The number of fused-ring (bicyclic) bond motifs is 1. The van der Waals surface area contributed by atoms with Gasteiger partial charge in [-0.05, 0) is 12.1 Å². The molecule has 0 bridgehead atoms. The van der Waals surface area contributed by atoms with E-state index in [2.05, 4.69) is 15.0 Å². The van der Waals surface area contributed by atoms with Gasteiger partial charge in [0.25, 0.3) is 6.43 Å². The standard InChI is InChI=1S/C22H25F2N7O4/c1-34-22(33)30-7-5-28(6-8-30)16-13-17(29-9-11-35-12-10-29)26-21(25-16)31-14-3-2-4-15(32)18(14)27-20(31)19(23)24/h2-4,13,19,32H,5-12H2,1H3. The molecule has 35 heavy (non-hydrogen) atoms. The highest BCUT2D eigenvalue weighted by molar-refractivity contribution is 5.83. The highest BCUT2D eigenvalue weighted by Crippen LogP contribution is 2.32. The van der Waals surface area contributed by atoms with Crippen molar-refractivity contribution in [3.63, 3.8) is 0 Å². The lowest BCUT2D eigenvalue weighted by Crippen LogP contribution is -2.49. The Morgan fingerprint density at radius 1 is 1.03 bits per heavy atom. The van der Waals surface area contributed by atoms with E-state index in [0.29, 0.717) is 64.1 Å². The number of benzene rings is 1. The fraction of sp³-hybridized carbons (Fsp3) is 0.455. The van der Waals surface area contributed by atoms with Crippen LogP contribution in [0.2, 0.25) is 0 Å². The van der Waals surface area contributed by atoms with E-state index in [4.69, 9.17) is 9.47 Å². The van der Waals surface area contributed by atoms with Crippen LogP contribution in [0.3, 0.4) is 0 Å². The number of hydrogen-bond donors (Lipinski definition) is 1. The number of anilines is 2. The van der Waals surface area contributed by atoms with E-state index in [1.165, 1.54) is 17.7 Å². The topological polar surface area (TPSA) is 109 Å². The van der Waals surface area contributed by atoms with Gasteiger partial charge in [-0.15, -0.1) is 0 Å². The Labute approximate surface area is 199 Å². The average Bonchev–Trinajstić information content (AvgIpc) is 3.30. The van der Waals surface area contributed by atoms with Crippen LogP contribution in [0, 0.1) is 0 Å². The number of alkyl halides is 2. The van der Waals surface area contributed by atoms with Crippen LogP contribution in [-0.4, -0.2) is 95.2 Å². The maximum absolute atomic E-state index is 14.0. The molecule has 2 aromatic heterocycles. The smallest absolute Gasteiger partial charge is 0.409 e. The van der Waals surface area contributed by atoms with Gasteiger partial charge in [-0.2, -0.15) is 9.97 Å². The maximum atomic E-state index is 14.0. The van der Waals surface area contributed by atoms with E-state index < -0.39 is 18.3 Å². The third-order valence-electron chi connectivity index (χ3n) is 6.14. The van der Waals surface area contributed by atoms with Gasteiger partial charge >= 0.3 is 6.09 Å². The van der Waals surface area contributed by atoms with Gasteiger partial charge < -0.3 is 29.3 Å². The fourth-order valence-electron chi connectivity index (χ4n) is 4.33. The number of carbonyl (C=O) groups excluding carboxylic acids is 1. The van der Waals surface area contributed by atoms with Crippen LogP contribution in [0.25, 0.3) is 17.0 Å². The zero-order valence-corrected chi connectivity index (χ0v) is 19.1. The van der Waals surface area contributed by atoms with Crippen LogP contribution < -0.4 is 9.80 Å². The van der Waals surface area contributed by atoms with Gasteiger partial charge in [0.15, 0.2) is 5.82 Å². The number of morpholine rings is 1. The molecule has 2 fully saturated rings. The Kier molecular flexibility index (Phi) is 6.24. The summed E-state index contributed by atoms with van der Waals surface area (Å²) in [5, 5.41) is 10.2. The van der Waals surface area contributed by atoms with Crippen molar-refractivity contribution < 1.29 is 28.2 Å². The number of imidazole rings is 1. The Balaban J connectivity index is 1.60. The second kappa shape index (κ2) is 9.49. The van der Waals surface area contributed by atoms with Gasteiger partial charge in [0.1, 0.15) is 22.9 Å². The van der Waals surface area contributed by atoms with Gasteiger partial charge in [0.2, 0.25) is 5.95 Å². The van der Waals surface area contributed by atoms with Crippen molar-refractivity contribution in [2.45, 2.75) is 6.43 Å². The number of aromatic hydroxyl groups is 1. The van der Waals surface area contributed by atoms with Crippen molar-refractivity contribution in [3.05, 3.63) is 30.1 Å². The lowest BCUT2D eigenvalue weighted by Gasteiger charge is -2.35. The van der Waals surface area contributed by atoms with Crippen molar-refractivity contribution in [1.82, 2.24) is 24.4 Å². The molecule has 1 N–H and O–H groups in total. The minimum absolute atomic E-state index is 0.0304. The molecule has 0 aliphatic carbocycles. The van der Waals surface area contributed by atoms with E-state index in [1.54, 1.807) is 17.0 Å². The van der Waals surface area contributed by atoms with Crippen LogP contribution in [-0.2, 0) is 9.47 Å². The molecule has 2 aliphatic rings. The van der Waals surface area contributed by atoms with Crippen molar-refractivity contribution in [1.29, 1.82) is 0 Å². The molecular formula is C22H25F2N7O4. The van der Waals surface area contributed by atoms with Crippen molar-refractivity contribution in [2.24, 2.45) is 0 Å². The zero-order chi connectivity index (χ0) is 24.5. The van der Waals surface area contributed by atoms with Crippen molar-refractivity contribution in [3.8, 4) is 11.7 Å². The van der Waals surface area contributed by atoms with E-state index in [9.17, 15) is 18.7 Å². The number of para-hydroxylation sites is 1. The summed E-state index contributed by atoms with van der Waals surface area (Å²) >= 11 is 0. The molecule has 1 amide bonds. The molecule has 186 valence electrons. The fourth-order valence-corrected chi connectivity index (χ4v) is 4.33. The summed E-state index contributed by atoms with van der Waals surface area (Å²) in [7, 11) is 1.34. The summed E-state index contributed by atoms with van der Waals surface area (Å²) in [6, 6.07) is 6.37. The summed E-state index contributed by atoms with van der Waals surface area (Å²) in [4.78, 5) is 30.7. The SMILES string of the molecule is COC(=O)N1CCN(c2cc(N3CCOCC3)nc(-n3c(C(F)F)nc4c(O)cccc43)n2)CC1. The summed E-state index contributed by atoms with van der Waals surface area (Å²) in [6.07, 6.45) is -3.31. The number of phenolic OH excluding ortho intramolecular Hbond substituents is 1. The third kappa shape index (κ3) is 4.38. The molecule has 2 saturated heterocycles. The van der Waals surface area contributed by atoms with Gasteiger partial charge in [0.05, 0.1) is 25.8 Å². The molecule has 0 atom stereocenters. The largest absolute Gasteiger partial charge is 0.506 e. The Hall–Kier alpha value is -3.74. The second-order valence-corrected chi connectivity index (χ2v) is 8.18. The summed E-state index contributed by atoms with van der Waals surface area (Å²) in [5.41, 5.74) is 0.331. The van der Waals surface area contributed by atoms with Gasteiger partial charge in [0, 0.05) is 45.3 Å². The third-order valence-corrected chi connectivity index (χ3v) is 6.14. The predicted molar refractivity (Wildman–Crippen MR) is 123 cm³/mol. The number of nitrogens with zero attached hydrogens (tertiary/aromatic N) is 7. The number of ether oxygens (including phenoxy) is 2. The van der Waals surface area contributed by atoms with Crippen LogP contribution >= 0.6 is 0 Å². The molecule has 11 nitrogen and oxygen atoms in total. The van der Waals surface area contributed by atoms with Gasteiger partial charge in [-0.25, -0.2) is 18.6 Å². The van der Waals surface area contributed by atoms with E-state index >= 15 is 0 Å². The Morgan fingerprint density at radius 3 is 2.31 bits per heavy atom. The number of methoxy groups -OCH3 is 1. The Bertz CT molecular complexity index is 1220. The highest BCUT2D eigenvalue weighted by atomic mass is 19.3. The zero-order valence-electron chi connectivity index (χ0n) is 19.1. The van der Waals surface area contributed by atoms with Gasteiger partial charge in [-0.3, -0.25) is 4.57 Å². The number of halogens is 2. The summed E-state index contributed by atoms with van der Waals surface area (Å²) < 4.78 is 39.5. The number of carbonyl (C=O) groups is 1. The Morgan fingerprint density at radius 2 is 1.69 bits per heavy atom. The number of rotatable bonds is 4. The molecule has 0 radical (unpaired) electrons. The molecule has 13 heteroatoms. The summed E-state index contributed by atoms with van der Waals surface area (Å²) in [6.45, 7) is 4.08. The average molecular weight is 489 g/mol. The van der Waals surface area contributed by atoms with Crippen LogP contribution in [0.1, 0.15) is 12.2 Å². The quantitative estimate of drug-likeness (QED) is 0.590. The normalized spacial score (nSPS) is 16.9. The lowest BCUT2D eigenvalue weighted by atomic mass is 10.3. The van der Waals surface area contributed by atoms with E-state index in [0.717, 1.165) is 0 Å². The van der Waals surface area contributed by atoms with Gasteiger partial charge in [-0.1, -0.05) is 6.07 Å². The summed E-state index contributed by atoms with van der Waals surface area (Å²) in [5.74, 6) is 0.394. The number of piperazine rings is 1. The number of amides is 1. The van der Waals surface area contributed by atoms with Crippen molar-refractivity contribution in [2.75, 3.05) is 69.4 Å². The highest BCUT2D eigenvalue weighted by Gasteiger charge is 2.27. The maximum Gasteiger partial charge on any atom is 0.409 e. The number of aromatic nitrogens is 4. The molecule has 4 heterocycles. The van der Waals surface area contributed by atoms with Crippen LogP contribution in [0.4, 0.5) is 25.2 Å². The molecule has 3 aromatic rings. The minimum atomic E-state index is -2.91. The first-order valence-electron chi connectivity index (χ1n) is 11.2. The predicted octanol–water partition coefficient (Wildman–Crippen LogP) is 2.18. The molecule has 5 rings (SSSR count). The molecule has 1 aromatic carbocycles. The van der Waals surface area contributed by atoms with Crippen LogP contribution in [0.15, 0.2) is 24.3 Å². The lowest BCUT2D eigenvalue weighted by molar-refractivity contribution is 0.121. The first-order valence-corrected chi connectivity index (χ1v) is 11.2. The second-order valence-electron chi connectivity index (χ2n) is 8.18. The minimum Gasteiger partial charge on any atom is -0.506 e. The number of phenols is 1. The molecular weight excluding hydrogens is 464 g/mol. The first kappa shape index (κ1) is 23.0. The monoisotopic (exact) mass is 489 g/mol. The first-order chi connectivity index (χ1) is 17.0.